The predicted octanol–water partition coefficient (Wildman–Crippen LogP) is 2.48. The second-order valence-electron chi connectivity index (χ2n) is 3.97. The number of hydrogen-bond acceptors (Lipinski definition) is 1. The Hall–Kier alpha value is -0.960. The van der Waals surface area contributed by atoms with Gasteiger partial charge in [-0.2, -0.15) is 0 Å². The summed E-state index contributed by atoms with van der Waals surface area (Å²) in [5, 5.41) is 0. The quantitative estimate of drug-likeness (QED) is 0.735. The van der Waals surface area contributed by atoms with Gasteiger partial charge in [0.1, 0.15) is 11.6 Å². The third kappa shape index (κ3) is 1.42. The predicted molar refractivity (Wildman–Crippen MR) is 51.0 cm³/mol. The lowest BCUT2D eigenvalue weighted by atomic mass is 9.75. The number of nitrogens with two attached hydrogens (primary N) is 1. The van der Waals surface area contributed by atoms with E-state index in [9.17, 15) is 8.78 Å². The van der Waals surface area contributed by atoms with Crippen LogP contribution >= 0.6 is 0 Å². The highest BCUT2D eigenvalue weighted by atomic mass is 19.1. The molecule has 0 aromatic heterocycles. The highest BCUT2D eigenvalue weighted by Crippen LogP contribution is 2.37. The van der Waals surface area contributed by atoms with E-state index in [0.29, 0.717) is 11.1 Å². The summed E-state index contributed by atoms with van der Waals surface area (Å²) in [6.07, 6.45) is 1.84. The third-order valence-corrected chi connectivity index (χ3v) is 3.01. The standard InChI is InChI=1S/C11H13F2N/c1-6-4-8(7-2-3-11(7)14)10(13)5-9(6)12/h4-5,7,11H,2-3,14H2,1H3. The van der Waals surface area contributed by atoms with Crippen LogP contribution in [0.15, 0.2) is 12.1 Å². The van der Waals surface area contributed by atoms with Gasteiger partial charge in [-0.15, -0.1) is 0 Å². The molecule has 1 saturated carbocycles. The molecule has 2 rings (SSSR count). The van der Waals surface area contributed by atoms with Gasteiger partial charge in [0.2, 0.25) is 0 Å². The Balaban J connectivity index is 2.38. The van der Waals surface area contributed by atoms with Crippen molar-refractivity contribution in [3.63, 3.8) is 0 Å². The second kappa shape index (κ2) is 3.31. The van der Waals surface area contributed by atoms with Crippen LogP contribution < -0.4 is 5.73 Å². The molecule has 0 radical (unpaired) electrons. The summed E-state index contributed by atoms with van der Waals surface area (Å²) in [6, 6.07) is 2.57. The van der Waals surface area contributed by atoms with Crippen molar-refractivity contribution >= 4 is 0 Å². The zero-order chi connectivity index (χ0) is 10.3. The Morgan fingerprint density at radius 1 is 1.21 bits per heavy atom. The van der Waals surface area contributed by atoms with Crippen molar-refractivity contribution in [1.82, 2.24) is 0 Å². The normalized spacial score (nSPS) is 26.0. The number of benzene rings is 1. The van der Waals surface area contributed by atoms with Crippen molar-refractivity contribution in [2.24, 2.45) is 5.73 Å². The summed E-state index contributed by atoms with van der Waals surface area (Å²) in [4.78, 5) is 0. The summed E-state index contributed by atoms with van der Waals surface area (Å²) in [5.74, 6) is -0.873. The molecule has 0 spiro atoms. The molecular formula is C11H13F2N. The maximum absolute atomic E-state index is 13.4. The number of aryl methyl sites for hydroxylation is 1. The molecule has 0 amide bonds. The Bertz CT molecular complexity index is 363. The van der Waals surface area contributed by atoms with Gasteiger partial charge in [-0.25, -0.2) is 8.78 Å². The van der Waals surface area contributed by atoms with Crippen LogP contribution in [0.5, 0.6) is 0 Å². The molecule has 2 N–H and O–H groups in total. The van der Waals surface area contributed by atoms with E-state index in [4.69, 9.17) is 5.73 Å². The Labute approximate surface area is 81.9 Å². The van der Waals surface area contributed by atoms with E-state index in [1.807, 2.05) is 0 Å². The van der Waals surface area contributed by atoms with Gasteiger partial charge in [0, 0.05) is 18.0 Å². The molecule has 1 nitrogen and oxygen atoms in total. The first-order chi connectivity index (χ1) is 6.59. The lowest BCUT2D eigenvalue weighted by molar-refractivity contribution is 0.336. The minimum Gasteiger partial charge on any atom is -0.327 e. The first kappa shape index (κ1) is 9.59. The van der Waals surface area contributed by atoms with E-state index in [1.165, 1.54) is 0 Å². The highest BCUT2D eigenvalue weighted by molar-refractivity contribution is 5.31. The van der Waals surface area contributed by atoms with Gasteiger partial charge < -0.3 is 5.73 Å². The summed E-state index contributed by atoms with van der Waals surface area (Å²) in [7, 11) is 0. The van der Waals surface area contributed by atoms with Crippen molar-refractivity contribution in [1.29, 1.82) is 0 Å². The van der Waals surface area contributed by atoms with E-state index in [-0.39, 0.29) is 12.0 Å². The first-order valence-electron chi connectivity index (χ1n) is 4.80. The van der Waals surface area contributed by atoms with E-state index in [1.54, 1.807) is 13.0 Å². The Morgan fingerprint density at radius 2 is 1.93 bits per heavy atom. The topological polar surface area (TPSA) is 26.0 Å². The van der Waals surface area contributed by atoms with Gasteiger partial charge in [-0.05, 0) is 37.0 Å². The molecule has 14 heavy (non-hydrogen) atoms. The molecule has 0 saturated heterocycles. The van der Waals surface area contributed by atoms with Gasteiger partial charge in [0.25, 0.3) is 0 Å². The maximum atomic E-state index is 13.4. The molecule has 0 heterocycles. The van der Waals surface area contributed by atoms with Crippen LogP contribution in [0.3, 0.4) is 0 Å². The van der Waals surface area contributed by atoms with Crippen molar-refractivity contribution in [2.75, 3.05) is 0 Å². The molecule has 76 valence electrons. The fourth-order valence-corrected chi connectivity index (χ4v) is 1.88. The van der Waals surface area contributed by atoms with Crippen molar-refractivity contribution in [3.05, 3.63) is 34.9 Å². The lowest BCUT2D eigenvalue weighted by Crippen LogP contribution is -2.37. The van der Waals surface area contributed by atoms with Crippen LogP contribution in [0, 0.1) is 18.6 Å². The Morgan fingerprint density at radius 3 is 2.43 bits per heavy atom. The molecule has 1 aliphatic carbocycles. The van der Waals surface area contributed by atoms with Crippen LogP contribution in [0.4, 0.5) is 8.78 Å². The average Bonchev–Trinajstić information content (AvgIpc) is 2.12. The lowest BCUT2D eigenvalue weighted by Gasteiger charge is -2.34. The molecule has 0 aliphatic heterocycles. The average molecular weight is 197 g/mol. The monoisotopic (exact) mass is 197 g/mol. The maximum Gasteiger partial charge on any atom is 0.129 e. The second-order valence-corrected chi connectivity index (χ2v) is 3.97. The van der Waals surface area contributed by atoms with Crippen LogP contribution in [-0.2, 0) is 0 Å². The van der Waals surface area contributed by atoms with E-state index in [0.717, 1.165) is 18.9 Å². The van der Waals surface area contributed by atoms with Crippen molar-refractivity contribution in [2.45, 2.75) is 31.7 Å². The van der Waals surface area contributed by atoms with Crippen LogP contribution in [0.1, 0.15) is 29.9 Å². The summed E-state index contributed by atoms with van der Waals surface area (Å²) >= 11 is 0. The van der Waals surface area contributed by atoms with E-state index < -0.39 is 11.6 Å². The van der Waals surface area contributed by atoms with E-state index >= 15 is 0 Å². The van der Waals surface area contributed by atoms with Gasteiger partial charge in [-0.3, -0.25) is 0 Å². The van der Waals surface area contributed by atoms with Crippen molar-refractivity contribution in [3.8, 4) is 0 Å². The molecule has 1 aromatic rings. The van der Waals surface area contributed by atoms with Gasteiger partial charge in [0.05, 0.1) is 0 Å². The van der Waals surface area contributed by atoms with E-state index in [2.05, 4.69) is 0 Å². The largest absolute Gasteiger partial charge is 0.327 e. The molecule has 2 atom stereocenters. The van der Waals surface area contributed by atoms with Gasteiger partial charge in [0.15, 0.2) is 0 Å². The molecule has 1 aromatic carbocycles. The van der Waals surface area contributed by atoms with Gasteiger partial charge in [-0.1, -0.05) is 0 Å². The number of hydrogen-bond donors (Lipinski definition) is 1. The SMILES string of the molecule is Cc1cc(C2CCC2N)c(F)cc1F. The molecule has 0 bridgehead atoms. The van der Waals surface area contributed by atoms with Crippen molar-refractivity contribution < 1.29 is 8.78 Å². The minimum atomic E-state index is -0.487. The van der Waals surface area contributed by atoms with Crippen LogP contribution in [0.25, 0.3) is 0 Å². The summed E-state index contributed by atoms with van der Waals surface area (Å²) < 4.78 is 26.4. The molecule has 2 unspecified atom stereocenters. The molecule has 1 aliphatic rings. The number of rotatable bonds is 1. The van der Waals surface area contributed by atoms with Crippen LogP contribution in [0.2, 0.25) is 0 Å². The molecule has 3 heteroatoms. The first-order valence-corrected chi connectivity index (χ1v) is 4.80. The van der Waals surface area contributed by atoms with Gasteiger partial charge >= 0.3 is 0 Å². The smallest absolute Gasteiger partial charge is 0.129 e. The highest BCUT2D eigenvalue weighted by Gasteiger charge is 2.31. The zero-order valence-electron chi connectivity index (χ0n) is 8.06. The zero-order valence-corrected chi connectivity index (χ0v) is 8.06. The molecular weight excluding hydrogens is 184 g/mol. The minimum absolute atomic E-state index is 0.0364. The fourth-order valence-electron chi connectivity index (χ4n) is 1.88. The third-order valence-electron chi connectivity index (χ3n) is 3.01. The fraction of sp³-hybridized carbons (Fsp3) is 0.455. The molecule has 1 fully saturated rings. The number of halogens is 2. The summed E-state index contributed by atoms with van der Waals surface area (Å²) in [6.45, 7) is 1.64. The Kier molecular flexibility index (Phi) is 2.27. The summed E-state index contributed by atoms with van der Waals surface area (Å²) in [5.41, 5.74) is 6.81. The van der Waals surface area contributed by atoms with Crippen LogP contribution in [-0.4, -0.2) is 6.04 Å².